The van der Waals surface area contributed by atoms with Gasteiger partial charge in [-0.15, -0.1) is 24.8 Å². The summed E-state index contributed by atoms with van der Waals surface area (Å²) in [6.45, 7) is 11.6. The van der Waals surface area contributed by atoms with E-state index in [0.717, 1.165) is 26.2 Å². The zero-order valence-corrected chi connectivity index (χ0v) is 16.1. The third kappa shape index (κ3) is 5.02. The van der Waals surface area contributed by atoms with E-state index in [1.807, 2.05) is 0 Å². The number of rotatable bonds is 2. The molecule has 0 aliphatic carbocycles. The van der Waals surface area contributed by atoms with Crippen molar-refractivity contribution >= 4 is 47.4 Å². The molecule has 1 aliphatic rings. The van der Waals surface area contributed by atoms with Gasteiger partial charge in [0.15, 0.2) is 0 Å². The summed E-state index contributed by atoms with van der Waals surface area (Å²) in [6, 6.07) is 9.31. The summed E-state index contributed by atoms with van der Waals surface area (Å²) in [7, 11) is 0. The summed E-state index contributed by atoms with van der Waals surface area (Å²) in [5.41, 5.74) is 1.74. The Morgan fingerprint density at radius 3 is 2.15 bits per heavy atom. The number of hydrogen-bond acceptors (Lipinski definition) is 2. The van der Waals surface area contributed by atoms with Crippen LogP contribution in [-0.4, -0.2) is 31.1 Å². The Morgan fingerprint density at radius 1 is 1.10 bits per heavy atom. The van der Waals surface area contributed by atoms with Crippen molar-refractivity contribution in [3.05, 3.63) is 33.4 Å². The SMILES string of the molecule is CC(C)(C)[C@@H](c1ccccc1I)N1CCNCC1.Cl.Cl. The van der Waals surface area contributed by atoms with Crippen molar-refractivity contribution < 1.29 is 0 Å². The van der Waals surface area contributed by atoms with Gasteiger partial charge in [0.25, 0.3) is 0 Å². The van der Waals surface area contributed by atoms with Gasteiger partial charge in [0, 0.05) is 35.8 Å². The molecule has 0 bridgehead atoms. The van der Waals surface area contributed by atoms with Crippen LogP contribution in [0.3, 0.4) is 0 Å². The molecule has 1 heterocycles. The first kappa shape index (κ1) is 20.5. The highest BCUT2D eigenvalue weighted by atomic mass is 127. The highest BCUT2D eigenvalue weighted by Gasteiger charge is 2.33. The molecule has 0 spiro atoms. The Hall–Kier alpha value is 0.450. The van der Waals surface area contributed by atoms with E-state index < -0.39 is 0 Å². The van der Waals surface area contributed by atoms with Crippen molar-refractivity contribution in [2.75, 3.05) is 26.2 Å². The maximum absolute atomic E-state index is 3.44. The summed E-state index contributed by atoms with van der Waals surface area (Å²) >= 11 is 2.47. The van der Waals surface area contributed by atoms with Crippen molar-refractivity contribution in [1.29, 1.82) is 0 Å². The molecule has 0 radical (unpaired) electrons. The Balaban J connectivity index is 0.00000180. The van der Waals surface area contributed by atoms with Crippen LogP contribution in [0.4, 0.5) is 0 Å². The van der Waals surface area contributed by atoms with E-state index in [2.05, 4.69) is 77.8 Å². The number of nitrogens with one attached hydrogen (secondary N) is 1. The minimum absolute atomic E-state index is 0. The molecule has 0 saturated carbocycles. The molecule has 0 amide bonds. The van der Waals surface area contributed by atoms with Gasteiger partial charge in [0.05, 0.1) is 0 Å². The predicted molar refractivity (Wildman–Crippen MR) is 100 cm³/mol. The van der Waals surface area contributed by atoms with Crippen molar-refractivity contribution in [3.8, 4) is 0 Å². The van der Waals surface area contributed by atoms with Gasteiger partial charge in [0.2, 0.25) is 0 Å². The monoisotopic (exact) mass is 430 g/mol. The minimum atomic E-state index is 0. The lowest BCUT2D eigenvalue weighted by Crippen LogP contribution is -2.48. The number of piperazine rings is 1. The molecule has 1 fully saturated rings. The molecular formula is C15H25Cl2IN2. The molecular weight excluding hydrogens is 406 g/mol. The summed E-state index contributed by atoms with van der Waals surface area (Å²) in [4.78, 5) is 2.63. The molecule has 0 unspecified atom stereocenters. The molecule has 20 heavy (non-hydrogen) atoms. The smallest absolute Gasteiger partial charge is 0.0408 e. The van der Waals surface area contributed by atoms with Gasteiger partial charge in [-0.2, -0.15) is 0 Å². The fraction of sp³-hybridized carbons (Fsp3) is 0.600. The van der Waals surface area contributed by atoms with Crippen LogP contribution in [0.15, 0.2) is 24.3 Å². The molecule has 1 aromatic carbocycles. The van der Waals surface area contributed by atoms with E-state index in [9.17, 15) is 0 Å². The van der Waals surface area contributed by atoms with Crippen LogP contribution in [0, 0.1) is 8.99 Å². The second kappa shape index (κ2) is 8.79. The third-order valence-corrected chi connectivity index (χ3v) is 4.52. The van der Waals surface area contributed by atoms with Crippen molar-refractivity contribution in [2.45, 2.75) is 26.8 Å². The number of nitrogens with zero attached hydrogens (tertiary/aromatic N) is 1. The lowest BCUT2D eigenvalue weighted by atomic mass is 9.81. The van der Waals surface area contributed by atoms with Crippen molar-refractivity contribution in [1.82, 2.24) is 10.2 Å². The predicted octanol–water partition coefficient (Wildman–Crippen LogP) is 4.13. The molecule has 2 rings (SSSR count). The quantitative estimate of drug-likeness (QED) is 0.709. The zero-order chi connectivity index (χ0) is 13.2. The highest BCUT2D eigenvalue weighted by Crippen LogP contribution is 2.39. The summed E-state index contributed by atoms with van der Waals surface area (Å²) in [5.74, 6) is 0. The maximum Gasteiger partial charge on any atom is 0.0408 e. The van der Waals surface area contributed by atoms with Crippen LogP contribution in [0.25, 0.3) is 0 Å². The number of halogens is 3. The van der Waals surface area contributed by atoms with E-state index in [4.69, 9.17) is 0 Å². The van der Waals surface area contributed by atoms with Gasteiger partial charge in [0.1, 0.15) is 0 Å². The summed E-state index contributed by atoms with van der Waals surface area (Å²) in [6.07, 6.45) is 0. The largest absolute Gasteiger partial charge is 0.314 e. The van der Waals surface area contributed by atoms with Gasteiger partial charge in [-0.05, 0) is 39.6 Å². The van der Waals surface area contributed by atoms with Crippen LogP contribution in [0.1, 0.15) is 32.4 Å². The van der Waals surface area contributed by atoms with E-state index in [-0.39, 0.29) is 30.2 Å². The second-order valence-corrected chi connectivity index (χ2v) is 7.24. The van der Waals surface area contributed by atoms with E-state index in [1.54, 1.807) is 0 Å². The molecule has 1 atom stereocenters. The number of hydrogen-bond donors (Lipinski definition) is 1. The van der Waals surface area contributed by atoms with Crippen LogP contribution in [0.2, 0.25) is 0 Å². The Kier molecular flexibility index (Phi) is 8.98. The lowest BCUT2D eigenvalue weighted by molar-refractivity contribution is 0.0856. The van der Waals surface area contributed by atoms with Crippen LogP contribution in [-0.2, 0) is 0 Å². The van der Waals surface area contributed by atoms with Crippen LogP contribution in [0.5, 0.6) is 0 Å². The molecule has 1 aliphatic heterocycles. The first-order chi connectivity index (χ1) is 8.50. The van der Waals surface area contributed by atoms with Crippen molar-refractivity contribution in [2.24, 2.45) is 5.41 Å². The van der Waals surface area contributed by atoms with E-state index in [0.29, 0.717) is 6.04 Å². The lowest BCUT2D eigenvalue weighted by Gasteiger charge is -2.43. The fourth-order valence-corrected chi connectivity index (χ4v) is 3.53. The van der Waals surface area contributed by atoms with Crippen LogP contribution >= 0.6 is 47.4 Å². The van der Waals surface area contributed by atoms with E-state index in [1.165, 1.54) is 9.13 Å². The van der Waals surface area contributed by atoms with Crippen LogP contribution < -0.4 is 5.32 Å². The Morgan fingerprint density at radius 2 is 1.65 bits per heavy atom. The molecule has 5 heteroatoms. The zero-order valence-electron chi connectivity index (χ0n) is 12.4. The fourth-order valence-electron chi connectivity index (χ4n) is 2.85. The normalized spacial score (nSPS) is 17.8. The molecule has 116 valence electrons. The summed E-state index contributed by atoms with van der Waals surface area (Å²) in [5, 5.41) is 3.44. The topological polar surface area (TPSA) is 15.3 Å². The average Bonchev–Trinajstić information content (AvgIpc) is 2.32. The molecule has 1 N–H and O–H groups in total. The summed E-state index contributed by atoms with van der Waals surface area (Å²) < 4.78 is 1.38. The highest BCUT2D eigenvalue weighted by molar-refractivity contribution is 14.1. The van der Waals surface area contributed by atoms with Crippen molar-refractivity contribution in [3.63, 3.8) is 0 Å². The standard InChI is InChI=1S/C15H23IN2.2ClH/c1-15(2,3)14(18-10-8-17-9-11-18)12-6-4-5-7-13(12)16;;/h4-7,14,17H,8-11H2,1-3H3;2*1H/t14-;;/m1../s1. The Bertz CT molecular complexity index is 401. The average molecular weight is 431 g/mol. The molecule has 0 aromatic heterocycles. The second-order valence-electron chi connectivity index (χ2n) is 6.08. The molecule has 2 nitrogen and oxygen atoms in total. The van der Waals surface area contributed by atoms with Gasteiger partial charge in [-0.1, -0.05) is 39.0 Å². The molecule has 1 saturated heterocycles. The first-order valence-corrected chi connectivity index (χ1v) is 7.77. The minimum Gasteiger partial charge on any atom is -0.314 e. The van der Waals surface area contributed by atoms with E-state index >= 15 is 0 Å². The first-order valence-electron chi connectivity index (χ1n) is 6.69. The van der Waals surface area contributed by atoms with Gasteiger partial charge in [-0.25, -0.2) is 0 Å². The van der Waals surface area contributed by atoms with Gasteiger partial charge < -0.3 is 5.32 Å². The van der Waals surface area contributed by atoms with Gasteiger partial charge >= 0.3 is 0 Å². The maximum atomic E-state index is 3.44. The molecule has 1 aromatic rings. The number of benzene rings is 1. The third-order valence-electron chi connectivity index (χ3n) is 3.54. The van der Waals surface area contributed by atoms with Gasteiger partial charge in [-0.3, -0.25) is 4.90 Å². The Labute approximate surface area is 149 Å².